The number of hydrogen-bond donors (Lipinski definition) is 1. The Labute approximate surface area is 178 Å². The fourth-order valence-electron chi connectivity index (χ4n) is 3.64. The normalized spacial score (nSPS) is 12.0. The highest BCUT2D eigenvalue weighted by Crippen LogP contribution is 2.56. The summed E-state index contributed by atoms with van der Waals surface area (Å²) in [5, 5.41) is 13.3. The Bertz CT molecular complexity index is 757. The van der Waals surface area contributed by atoms with E-state index >= 15 is 0 Å². The van der Waals surface area contributed by atoms with Crippen LogP contribution in [0.3, 0.4) is 0 Å². The van der Waals surface area contributed by atoms with E-state index in [2.05, 4.69) is 91.0 Å². The van der Waals surface area contributed by atoms with Crippen LogP contribution in [-0.2, 0) is 4.79 Å². The molecule has 0 aliphatic rings. The van der Waals surface area contributed by atoms with Crippen molar-refractivity contribution in [2.45, 2.75) is 19.8 Å². The van der Waals surface area contributed by atoms with Gasteiger partial charge >= 0.3 is 5.97 Å². The van der Waals surface area contributed by atoms with Crippen LogP contribution in [-0.4, -0.2) is 17.2 Å². The highest BCUT2D eigenvalue weighted by molar-refractivity contribution is 7.95. The third kappa shape index (κ3) is 4.90. The Morgan fingerprint density at radius 3 is 1.46 bits per heavy atom. The van der Waals surface area contributed by atoms with Gasteiger partial charge in [0.1, 0.15) is 23.2 Å². The van der Waals surface area contributed by atoms with E-state index in [0.29, 0.717) is 6.42 Å². The van der Waals surface area contributed by atoms with Crippen molar-refractivity contribution in [2.75, 3.05) is 6.16 Å². The quantitative estimate of drug-likeness (QED) is 0.521. The minimum atomic E-state index is -1.83. The fraction of sp³-hybridized carbons (Fsp3) is 0.208. The molecule has 0 heterocycles. The number of carboxylic acid groups (broad SMARTS) is 1. The van der Waals surface area contributed by atoms with E-state index in [1.165, 1.54) is 15.9 Å². The third-order valence-electron chi connectivity index (χ3n) is 5.14. The first kappa shape index (κ1) is 22.3. The van der Waals surface area contributed by atoms with E-state index in [1.54, 1.807) is 6.92 Å². The second-order valence-corrected chi connectivity index (χ2v) is 10.5. The van der Waals surface area contributed by atoms with Crippen molar-refractivity contribution in [3.63, 3.8) is 0 Å². The molecule has 146 valence electrons. The molecule has 0 spiro atoms. The predicted molar refractivity (Wildman–Crippen MR) is 116 cm³/mol. The van der Waals surface area contributed by atoms with Gasteiger partial charge in [-0.15, -0.1) is 0 Å². The van der Waals surface area contributed by atoms with Crippen LogP contribution in [0.25, 0.3) is 0 Å². The van der Waals surface area contributed by atoms with E-state index < -0.39 is 13.2 Å². The molecule has 0 radical (unpaired) electrons. The molecule has 1 atom stereocenters. The lowest BCUT2D eigenvalue weighted by Gasteiger charge is -2.28. The second-order valence-electron chi connectivity index (χ2n) is 6.92. The molecule has 0 bridgehead atoms. The standard InChI is InChI=1S/C24H25O2P.BrH/c1-20(24(25)26)12-11-19-27(21-13-5-2-6-14-21,22-15-7-3-8-16-22)23-17-9-4-10-18-23;/h2-10,13-18,20H,11-12,19H2,1H3;1H. The van der Waals surface area contributed by atoms with Gasteiger partial charge in [-0.25, -0.2) is 0 Å². The van der Waals surface area contributed by atoms with Crippen LogP contribution in [0, 0.1) is 5.92 Å². The van der Waals surface area contributed by atoms with Gasteiger partial charge in [-0.1, -0.05) is 61.5 Å². The minimum absolute atomic E-state index is 0. The summed E-state index contributed by atoms with van der Waals surface area (Å²) in [5.74, 6) is -1.02. The molecule has 4 heteroatoms. The number of aliphatic carboxylic acids is 1. The second kappa shape index (κ2) is 10.5. The molecule has 0 saturated heterocycles. The number of rotatable bonds is 8. The first-order valence-electron chi connectivity index (χ1n) is 9.42. The number of benzene rings is 3. The molecule has 2 nitrogen and oxygen atoms in total. The number of carboxylic acids is 1. The van der Waals surface area contributed by atoms with Gasteiger partial charge in [-0.2, -0.15) is 0 Å². The monoisotopic (exact) mass is 456 g/mol. The number of hydrogen-bond acceptors (Lipinski definition) is 1. The van der Waals surface area contributed by atoms with Crippen LogP contribution in [0.4, 0.5) is 0 Å². The molecule has 3 rings (SSSR count). The molecular formula is C24H26BrO2P. The van der Waals surface area contributed by atoms with Crippen LogP contribution < -0.4 is 32.9 Å². The minimum Gasteiger partial charge on any atom is -1.00 e. The lowest BCUT2D eigenvalue weighted by atomic mass is 10.1. The van der Waals surface area contributed by atoms with Gasteiger partial charge in [-0.05, 0) is 49.2 Å². The van der Waals surface area contributed by atoms with E-state index in [9.17, 15) is 9.90 Å². The van der Waals surface area contributed by atoms with Gasteiger partial charge in [0.25, 0.3) is 0 Å². The molecular weight excluding hydrogens is 431 g/mol. The van der Waals surface area contributed by atoms with Crippen molar-refractivity contribution in [1.82, 2.24) is 0 Å². The first-order valence-corrected chi connectivity index (χ1v) is 11.4. The van der Waals surface area contributed by atoms with Gasteiger partial charge in [-0.3, -0.25) is 4.79 Å². The summed E-state index contributed by atoms with van der Waals surface area (Å²) in [6.45, 7) is 1.80. The molecule has 0 aliphatic heterocycles. The summed E-state index contributed by atoms with van der Waals surface area (Å²) in [5.41, 5.74) is 0. The van der Waals surface area contributed by atoms with Crippen molar-refractivity contribution in [2.24, 2.45) is 5.92 Å². The molecule has 0 saturated carbocycles. The SMILES string of the molecule is CC(CCC[P+](c1ccccc1)(c1ccccc1)c1ccccc1)C(=O)O.[Br-]. The summed E-state index contributed by atoms with van der Waals surface area (Å²) >= 11 is 0. The summed E-state index contributed by atoms with van der Waals surface area (Å²) in [4.78, 5) is 11.3. The average Bonchev–Trinajstić information content (AvgIpc) is 2.73. The Hall–Kier alpha value is -1.96. The maximum atomic E-state index is 11.3. The Morgan fingerprint density at radius 2 is 1.14 bits per heavy atom. The van der Waals surface area contributed by atoms with Crippen LogP contribution >= 0.6 is 7.26 Å². The molecule has 0 aliphatic carbocycles. The highest BCUT2D eigenvalue weighted by Gasteiger charge is 2.44. The zero-order valence-electron chi connectivity index (χ0n) is 16.0. The lowest BCUT2D eigenvalue weighted by Crippen LogP contribution is -3.00. The van der Waals surface area contributed by atoms with E-state index in [4.69, 9.17) is 0 Å². The van der Waals surface area contributed by atoms with Crippen LogP contribution in [0.5, 0.6) is 0 Å². The summed E-state index contributed by atoms with van der Waals surface area (Å²) in [6.07, 6.45) is 2.56. The van der Waals surface area contributed by atoms with Crippen molar-refractivity contribution >= 4 is 29.1 Å². The number of halogens is 1. The Kier molecular flexibility index (Phi) is 8.41. The van der Waals surface area contributed by atoms with E-state index in [1.807, 2.05) is 0 Å². The summed E-state index contributed by atoms with van der Waals surface area (Å²) < 4.78 is 0. The largest absolute Gasteiger partial charge is 1.00 e. The zero-order valence-corrected chi connectivity index (χ0v) is 18.5. The van der Waals surface area contributed by atoms with Crippen molar-refractivity contribution in [3.8, 4) is 0 Å². The number of carbonyl (C=O) groups is 1. The van der Waals surface area contributed by atoms with Gasteiger partial charge in [0.15, 0.2) is 0 Å². The fourth-order valence-corrected chi connectivity index (χ4v) is 8.01. The first-order chi connectivity index (χ1) is 13.1. The van der Waals surface area contributed by atoms with Crippen molar-refractivity contribution in [3.05, 3.63) is 91.0 Å². The molecule has 0 fully saturated rings. The predicted octanol–water partition coefficient (Wildman–Crippen LogP) is 1.49. The van der Waals surface area contributed by atoms with Crippen LogP contribution in [0.15, 0.2) is 91.0 Å². The van der Waals surface area contributed by atoms with Gasteiger partial charge < -0.3 is 22.1 Å². The van der Waals surface area contributed by atoms with Gasteiger partial charge in [0.05, 0.1) is 12.1 Å². The van der Waals surface area contributed by atoms with Crippen LogP contribution in [0.1, 0.15) is 19.8 Å². The maximum Gasteiger partial charge on any atom is 0.306 e. The molecule has 1 N–H and O–H groups in total. The maximum absolute atomic E-state index is 11.3. The summed E-state index contributed by atoms with van der Waals surface area (Å²) in [7, 11) is -1.83. The molecule has 28 heavy (non-hydrogen) atoms. The summed E-state index contributed by atoms with van der Waals surface area (Å²) in [6, 6.07) is 32.2. The zero-order chi connectivity index (χ0) is 19.1. The van der Waals surface area contributed by atoms with Gasteiger partial charge in [0.2, 0.25) is 0 Å². The average molecular weight is 457 g/mol. The molecule has 0 amide bonds. The topological polar surface area (TPSA) is 37.3 Å². The smallest absolute Gasteiger partial charge is 0.306 e. The molecule has 3 aromatic rings. The molecule has 3 aromatic carbocycles. The molecule has 1 unspecified atom stereocenters. The Balaban J connectivity index is 0.00000280. The van der Waals surface area contributed by atoms with Crippen LogP contribution in [0.2, 0.25) is 0 Å². The van der Waals surface area contributed by atoms with Crippen molar-refractivity contribution < 1.29 is 26.9 Å². The molecule has 0 aromatic heterocycles. The van der Waals surface area contributed by atoms with Crippen molar-refractivity contribution in [1.29, 1.82) is 0 Å². The van der Waals surface area contributed by atoms with Gasteiger partial charge in [0, 0.05) is 0 Å². The van der Waals surface area contributed by atoms with E-state index in [-0.39, 0.29) is 22.9 Å². The third-order valence-corrected chi connectivity index (χ3v) is 9.67. The van der Waals surface area contributed by atoms with E-state index in [0.717, 1.165) is 12.6 Å². The Morgan fingerprint density at radius 1 is 0.786 bits per heavy atom. The highest BCUT2D eigenvalue weighted by atomic mass is 79.9. The lowest BCUT2D eigenvalue weighted by molar-refractivity contribution is -0.141.